The predicted molar refractivity (Wildman–Crippen MR) is 83.0 cm³/mol. The second-order valence-corrected chi connectivity index (χ2v) is 7.04. The second kappa shape index (κ2) is 5.65. The van der Waals surface area contributed by atoms with E-state index in [2.05, 4.69) is 30.8 Å². The minimum absolute atomic E-state index is 0.00202. The summed E-state index contributed by atoms with van der Waals surface area (Å²) < 4.78 is 1.41. The lowest BCUT2D eigenvalue weighted by Crippen LogP contribution is -2.35. The normalized spacial score (nSPS) is 19.9. The standard InChI is InChI=1S/C17H24N2O2/c1-13(2)19-15(20)6-5-14(18-19)7-8-17(21)11-9-16(3,4)10-12-17/h5-6,13,21H,9-12H2,1-4H3. The minimum atomic E-state index is -0.921. The topological polar surface area (TPSA) is 55.1 Å². The SMILES string of the molecule is CC(C)n1nc(C#CC2(O)CCC(C)(C)CC2)ccc1=O. The number of nitrogens with zero attached hydrogens (tertiary/aromatic N) is 2. The average Bonchev–Trinajstić information content (AvgIpc) is 2.42. The highest BCUT2D eigenvalue weighted by atomic mass is 16.3. The van der Waals surface area contributed by atoms with Crippen LogP contribution >= 0.6 is 0 Å². The Balaban J connectivity index is 2.20. The van der Waals surface area contributed by atoms with Crippen molar-refractivity contribution in [2.75, 3.05) is 0 Å². The molecule has 1 aliphatic rings. The molecule has 4 nitrogen and oxygen atoms in total. The highest BCUT2D eigenvalue weighted by Gasteiger charge is 2.35. The van der Waals surface area contributed by atoms with E-state index in [1.54, 1.807) is 6.07 Å². The maximum atomic E-state index is 11.7. The van der Waals surface area contributed by atoms with E-state index >= 15 is 0 Å². The van der Waals surface area contributed by atoms with E-state index in [4.69, 9.17) is 0 Å². The van der Waals surface area contributed by atoms with E-state index < -0.39 is 5.60 Å². The Morgan fingerprint density at radius 2 is 1.86 bits per heavy atom. The number of rotatable bonds is 1. The summed E-state index contributed by atoms with van der Waals surface area (Å²) in [6.45, 7) is 8.25. The molecule has 1 aromatic heterocycles. The Labute approximate surface area is 126 Å². The van der Waals surface area contributed by atoms with Crippen molar-refractivity contribution in [1.82, 2.24) is 9.78 Å². The first kappa shape index (κ1) is 15.8. The van der Waals surface area contributed by atoms with Gasteiger partial charge in [0, 0.05) is 6.07 Å². The van der Waals surface area contributed by atoms with Crippen LogP contribution in [0.3, 0.4) is 0 Å². The van der Waals surface area contributed by atoms with Gasteiger partial charge in [-0.05, 0) is 56.9 Å². The molecule has 1 aliphatic carbocycles. The summed E-state index contributed by atoms with van der Waals surface area (Å²) in [5, 5.41) is 14.8. The first-order valence-corrected chi connectivity index (χ1v) is 7.56. The highest BCUT2D eigenvalue weighted by Crippen LogP contribution is 2.39. The van der Waals surface area contributed by atoms with Crippen LogP contribution in [0.5, 0.6) is 0 Å². The molecule has 1 N–H and O–H groups in total. The number of hydrogen-bond donors (Lipinski definition) is 1. The van der Waals surface area contributed by atoms with Gasteiger partial charge in [-0.2, -0.15) is 5.10 Å². The molecule has 0 bridgehead atoms. The van der Waals surface area contributed by atoms with Gasteiger partial charge in [-0.15, -0.1) is 0 Å². The summed E-state index contributed by atoms with van der Waals surface area (Å²) in [6, 6.07) is 3.09. The van der Waals surface area contributed by atoms with Gasteiger partial charge in [-0.25, -0.2) is 4.68 Å². The maximum Gasteiger partial charge on any atom is 0.267 e. The lowest BCUT2D eigenvalue weighted by Gasteiger charge is -2.37. The molecule has 114 valence electrons. The van der Waals surface area contributed by atoms with Crippen LogP contribution in [-0.4, -0.2) is 20.5 Å². The van der Waals surface area contributed by atoms with Crippen LogP contribution in [-0.2, 0) is 0 Å². The summed E-state index contributed by atoms with van der Waals surface area (Å²) in [5.74, 6) is 5.90. The molecule has 0 spiro atoms. The lowest BCUT2D eigenvalue weighted by molar-refractivity contribution is 0.0231. The van der Waals surface area contributed by atoms with Crippen LogP contribution in [0.1, 0.15) is 65.1 Å². The van der Waals surface area contributed by atoms with Crippen LogP contribution in [0.4, 0.5) is 0 Å². The van der Waals surface area contributed by atoms with Gasteiger partial charge in [-0.3, -0.25) is 4.79 Å². The second-order valence-electron chi connectivity index (χ2n) is 7.04. The lowest BCUT2D eigenvalue weighted by atomic mass is 9.71. The molecule has 1 aromatic rings. The molecule has 0 unspecified atom stereocenters. The molecular weight excluding hydrogens is 264 g/mol. The zero-order valence-electron chi connectivity index (χ0n) is 13.3. The number of aromatic nitrogens is 2. The molecule has 1 saturated carbocycles. The van der Waals surface area contributed by atoms with Gasteiger partial charge in [0.25, 0.3) is 5.56 Å². The van der Waals surface area contributed by atoms with Crippen molar-refractivity contribution in [3.63, 3.8) is 0 Å². The molecule has 21 heavy (non-hydrogen) atoms. The summed E-state index contributed by atoms with van der Waals surface area (Å²) in [5.41, 5.74) is -0.234. The molecule has 0 atom stereocenters. The Morgan fingerprint density at radius 1 is 1.24 bits per heavy atom. The Hall–Kier alpha value is -1.60. The quantitative estimate of drug-likeness (QED) is 0.808. The van der Waals surface area contributed by atoms with Gasteiger partial charge in [0.05, 0.1) is 6.04 Å². The summed E-state index contributed by atoms with van der Waals surface area (Å²) in [7, 11) is 0. The van der Waals surface area contributed by atoms with E-state index in [0.717, 1.165) is 12.8 Å². The predicted octanol–water partition coefficient (Wildman–Crippen LogP) is 2.51. The van der Waals surface area contributed by atoms with Crippen LogP contribution < -0.4 is 5.56 Å². The smallest absolute Gasteiger partial charge is 0.267 e. The first-order valence-electron chi connectivity index (χ1n) is 7.56. The van der Waals surface area contributed by atoms with Gasteiger partial charge in [0.15, 0.2) is 0 Å². The molecule has 0 saturated heterocycles. The fourth-order valence-corrected chi connectivity index (χ4v) is 2.51. The fourth-order valence-electron chi connectivity index (χ4n) is 2.51. The van der Waals surface area contributed by atoms with Crippen molar-refractivity contribution in [2.24, 2.45) is 5.41 Å². The molecule has 4 heteroatoms. The van der Waals surface area contributed by atoms with E-state index in [0.29, 0.717) is 18.5 Å². The Bertz CT molecular complexity index is 622. The van der Waals surface area contributed by atoms with E-state index in [-0.39, 0.29) is 17.0 Å². The molecule has 1 heterocycles. The van der Waals surface area contributed by atoms with Crippen LogP contribution in [0.2, 0.25) is 0 Å². The minimum Gasteiger partial charge on any atom is -0.378 e. The van der Waals surface area contributed by atoms with Crippen molar-refractivity contribution in [3.05, 3.63) is 28.2 Å². The zero-order valence-corrected chi connectivity index (χ0v) is 13.3. The Morgan fingerprint density at radius 3 is 2.43 bits per heavy atom. The van der Waals surface area contributed by atoms with E-state index in [9.17, 15) is 9.90 Å². The third-order valence-corrected chi connectivity index (χ3v) is 4.17. The largest absolute Gasteiger partial charge is 0.378 e. The molecular formula is C17H24N2O2. The fraction of sp³-hybridized carbons (Fsp3) is 0.647. The van der Waals surface area contributed by atoms with Crippen molar-refractivity contribution < 1.29 is 5.11 Å². The molecule has 2 rings (SSSR count). The average molecular weight is 288 g/mol. The van der Waals surface area contributed by atoms with Gasteiger partial charge in [0.2, 0.25) is 0 Å². The molecule has 1 fully saturated rings. The molecule has 0 aromatic carbocycles. The third-order valence-electron chi connectivity index (χ3n) is 4.17. The number of hydrogen-bond acceptors (Lipinski definition) is 3. The molecule has 0 radical (unpaired) electrons. The maximum absolute atomic E-state index is 11.7. The Kier molecular flexibility index (Phi) is 4.25. The van der Waals surface area contributed by atoms with E-state index in [1.807, 2.05) is 13.8 Å². The molecule has 0 aliphatic heterocycles. The van der Waals surface area contributed by atoms with Crippen LogP contribution in [0.25, 0.3) is 0 Å². The first-order chi connectivity index (χ1) is 9.71. The van der Waals surface area contributed by atoms with Crippen LogP contribution in [0, 0.1) is 17.3 Å². The van der Waals surface area contributed by atoms with Crippen molar-refractivity contribution in [3.8, 4) is 11.8 Å². The summed E-state index contributed by atoms with van der Waals surface area (Å²) >= 11 is 0. The van der Waals surface area contributed by atoms with Crippen LogP contribution in [0.15, 0.2) is 16.9 Å². The van der Waals surface area contributed by atoms with Crippen molar-refractivity contribution >= 4 is 0 Å². The third kappa shape index (κ3) is 3.95. The van der Waals surface area contributed by atoms with Gasteiger partial charge >= 0.3 is 0 Å². The summed E-state index contributed by atoms with van der Waals surface area (Å²) in [6.07, 6.45) is 3.32. The van der Waals surface area contributed by atoms with Crippen molar-refractivity contribution in [1.29, 1.82) is 0 Å². The van der Waals surface area contributed by atoms with Gasteiger partial charge < -0.3 is 5.11 Å². The number of aliphatic hydroxyl groups is 1. The highest BCUT2D eigenvalue weighted by molar-refractivity contribution is 5.30. The van der Waals surface area contributed by atoms with Gasteiger partial charge in [0.1, 0.15) is 11.3 Å². The molecule has 0 amide bonds. The van der Waals surface area contributed by atoms with Gasteiger partial charge in [-0.1, -0.05) is 19.8 Å². The van der Waals surface area contributed by atoms with Crippen molar-refractivity contribution in [2.45, 2.75) is 65.0 Å². The van der Waals surface area contributed by atoms with E-state index in [1.165, 1.54) is 10.7 Å². The zero-order chi connectivity index (χ0) is 15.7. The monoisotopic (exact) mass is 288 g/mol. The summed E-state index contributed by atoms with van der Waals surface area (Å²) in [4.78, 5) is 11.7.